The highest BCUT2D eigenvalue weighted by Crippen LogP contribution is 2.31. The summed E-state index contributed by atoms with van der Waals surface area (Å²) in [5.74, 6) is -2.14. The van der Waals surface area contributed by atoms with Crippen LogP contribution in [-0.4, -0.2) is 73.0 Å². The number of pyridine rings is 1. The van der Waals surface area contributed by atoms with Crippen LogP contribution in [0.1, 0.15) is 50.5 Å². The first-order chi connectivity index (χ1) is 17.7. The number of hydrogen-bond acceptors (Lipinski definition) is 6. The summed E-state index contributed by atoms with van der Waals surface area (Å²) in [6, 6.07) is 8.69. The van der Waals surface area contributed by atoms with Crippen LogP contribution >= 0.6 is 0 Å². The van der Waals surface area contributed by atoms with Gasteiger partial charge in [-0.05, 0) is 62.2 Å². The summed E-state index contributed by atoms with van der Waals surface area (Å²) in [6.07, 6.45) is -2.02. The van der Waals surface area contributed by atoms with Gasteiger partial charge in [0.15, 0.2) is 5.78 Å². The maximum absolute atomic E-state index is 13.3. The summed E-state index contributed by atoms with van der Waals surface area (Å²) in [6.45, 7) is 0.918. The molecule has 0 unspecified atom stereocenters. The first-order valence-electron chi connectivity index (χ1n) is 12.2. The number of nitrogens with zero attached hydrogens (tertiary/aromatic N) is 2. The van der Waals surface area contributed by atoms with Crippen molar-refractivity contribution in [3.63, 3.8) is 0 Å². The van der Waals surface area contributed by atoms with Gasteiger partial charge in [0.1, 0.15) is 11.4 Å². The zero-order valence-electron chi connectivity index (χ0n) is 20.4. The summed E-state index contributed by atoms with van der Waals surface area (Å²) in [4.78, 5) is 44.0. The number of ether oxygens (including phenoxy) is 1. The second kappa shape index (κ2) is 11.3. The van der Waals surface area contributed by atoms with Crippen LogP contribution in [0.4, 0.5) is 13.2 Å². The van der Waals surface area contributed by atoms with E-state index in [9.17, 15) is 27.6 Å². The number of likely N-dealkylation sites (tertiary alicyclic amines) is 1. The number of benzene rings is 1. The Hall–Kier alpha value is -3.47. The lowest BCUT2D eigenvalue weighted by Gasteiger charge is -2.34. The largest absolute Gasteiger partial charge is 0.497 e. The van der Waals surface area contributed by atoms with Crippen molar-refractivity contribution in [3.8, 4) is 5.75 Å². The van der Waals surface area contributed by atoms with Gasteiger partial charge in [-0.2, -0.15) is 13.2 Å². The van der Waals surface area contributed by atoms with Crippen LogP contribution in [-0.2, 0) is 0 Å². The van der Waals surface area contributed by atoms with Gasteiger partial charge in [-0.15, -0.1) is 0 Å². The smallest absolute Gasteiger partial charge is 0.394 e. The lowest BCUT2D eigenvalue weighted by molar-refractivity contribution is -0.183. The number of aromatic nitrogens is 1. The van der Waals surface area contributed by atoms with Gasteiger partial charge in [-0.3, -0.25) is 19.4 Å². The molecule has 2 N–H and O–H groups in total. The van der Waals surface area contributed by atoms with Gasteiger partial charge in [0.25, 0.3) is 11.8 Å². The van der Waals surface area contributed by atoms with Crippen molar-refractivity contribution in [2.45, 2.75) is 31.5 Å². The Kier molecular flexibility index (Phi) is 8.11. The maximum atomic E-state index is 13.3. The van der Waals surface area contributed by atoms with Crippen molar-refractivity contribution in [1.82, 2.24) is 20.5 Å². The molecule has 0 bridgehead atoms. The van der Waals surface area contributed by atoms with E-state index < -0.39 is 24.0 Å². The van der Waals surface area contributed by atoms with Crippen LogP contribution in [0.2, 0.25) is 0 Å². The monoisotopic (exact) mass is 518 g/mol. The molecule has 2 aliphatic heterocycles. The minimum Gasteiger partial charge on any atom is -0.497 e. The lowest BCUT2D eigenvalue weighted by atomic mass is 9.88. The summed E-state index contributed by atoms with van der Waals surface area (Å²) in [5.41, 5.74) is 0.818. The summed E-state index contributed by atoms with van der Waals surface area (Å²) < 4.78 is 45.0. The van der Waals surface area contributed by atoms with E-state index in [2.05, 4.69) is 15.6 Å². The van der Waals surface area contributed by atoms with Crippen molar-refractivity contribution >= 4 is 17.6 Å². The summed E-state index contributed by atoms with van der Waals surface area (Å²) >= 11 is 0. The van der Waals surface area contributed by atoms with E-state index in [-0.39, 0.29) is 41.8 Å². The van der Waals surface area contributed by atoms with E-state index in [4.69, 9.17) is 4.74 Å². The highest BCUT2D eigenvalue weighted by molar-refractivity contribution is 5.99. The van der Waals surface area contributed by atoms with Gasteiger partial charge in [0.2, 0.25) is 0 Å². The third-order valence-electron chi connectivity index (χ3n) is 6.99. The van der Waals surface area contributed by atoms with E-state index >= 15 is 0 Å². The van der Waals surface area contributed by atoms with Gasteiger partial charge >= 0.3 is 6.18 Å². The zero-order chi connectivity index (χ0) is 26.6. The van der Waals surface area contributed by atoms with Crippen LogP contribution in [0.3, 0.4) is 0 Å². The van der Waals surface area contributed by atoms with E-state index in [0.29, 0.717) is 43.8 Å². The highest BCUT2D eigenvalue weighted by Gasteiger charge is 2.46. The van der Waals surface area contributed by atoms with E-state index in [0.717, 1.165) is 0 Å². The molecule has 1 aromatic carbocycles. The van der Waals surface area contributed by atoms with Crippen LogP contribution < -0.4 is 15.4 Å². The van der Waals surface area contributed by atoms with E-state index in [1.807, 2.05) is 0 Å². The molecule has 4 rings (SSSR count). The number of piperidine rings is 2. The maximum Gasteiger partial charge on any atom is 0.394 e. The quantitative estimate of drug-likeness (QED) is 0.570. The van der Waals surface area contributed by atoms with Crippen molar-refractivity contribution < 1.29 is 32.3 Å². The third-order valence-corrected chi connectivity index (χ3v) is 6.99. The lowest BCUT2D eigenvalue weighted by Crippen LogP contribution is -2.54. The number of alkyl halides is 3. The SMILES string of the molecule is COc1ccc(C(=O)C2CCN(C(=O)c3ccc(C(=O)N[C@H]4CCNC[C@H]4C(F)(F)F)cn3)CC2)cc1. The second-order valence-electron chi connectivity index (χ2n) is 9.31. The highest BCUT2D eigenvalue weighted by atomic mass is 19.4. The van der Waals surface area contributed by atoms with Crippen molar-refractivity contribution in [1.29, 1.82) is 0 Å². The number of amides is 2. The number of nitrogens with one attached hydrogen (secondary N) is 2. The molecular formula is C26H29F3N4O4. The topological polar surface area (TPSA) is 101 Å². The molecule has 2 aromatic rings. The Morgan fingerprint density at radius 2 is 1.70 bits per heavy atom. The summed E-state index contributed by atoms with van der Waals surface area (Å²) in [5, 5.41) is 5.17. The van der Waals surface area contributed by atoms with Crippen molar-refractivity contribution in [2.24, 2.45) is 11.8 Å². The Morgan fingerprint density at radius 3 is 2.30 bits per heavy atom. The molecule has 2 atom stereocenters. The molecule has 1 aromatic heterocycles. The minimum atomic E-state index is -4.42. The van der Waals surface area contributed by atoms with Crippen molar-refractivity contribution in [2.75, 3.05) is 33.3 Å². The van der Waals surface area contributed by atoms with Crippen molar-refractivity contribution in [3.05, 3.63) is 59.4 Å². The fourth-order valence-electron chi connectivity index (χ4n) is 4.78. The molecule has 8 nitrogen and oxygen atoms in total. The molecule has 2 saturated heterocycles. The standard InChI is InChI=1S/C26H29F3N4O4/c1-37-19-5-2-16(3-6-19)23(34)17-9-12-33(13-10-17)25(36)22-7-4-18(14-31-22)24(35)32-21-8-11-30-15-20(21)26(27,28)29/h2-7,14,17,20-21,30H,8-13,15H2,1H3,(H,32,35)/t20-,21+/m1/s1. The molecule has 0 spiro atoms. The van der Waals surface area contributed by atoms with Crippen LogP contribution in [0.5, 0.6) is 5.75 Å². The number of ketones is 1. The predicted molar refractivity (Wildman–Crippen MR) is 128 cm³/mol. The molecule has 37 heavy (non-hydrogen) atoms. The number of carbonyl (C=O) groups is 3. The zero-order valence-corrected chi connectivity index (χ0v) is 20.4. The van der Waals surface area contributed by atoms with Gasteiger partial charge in [-0.1, -0.05) is 0 Å². The summed E-state index contributed by atoms with van der Waals surface area (Å²) in [7, 11) is 1.56. The van der Waals surface area contributed by atoms with Crippen LogP contribution in [0.15, 0.2) is 42.6 Å². The van der Waals surface area contributed by atoms with E-state index in [1.165, 1.54) is 18.3 Å². The number of Topliss-reactive ketones (excluding diaryl/α,β-unsaturated/α-hetero) is 1. The first-order valence-corrected chi connectivity index (χ1v) is 12.2. The Balaban J connectivity index is 1.31. The second-order valence-corrected chi connectivity index (χ2v) is 9.31. The van der Waals surface area contributed by atoms with Crippen LogP contribution in [0, 0.1) is 11.8 Å². The Labute approximate surface area is 212 Å². The number of carbonyl (C=O) groups excluding carboxylic acids is 3. The molecule has 0 radical (unpaired) electrons. The predicted octanol–water partition coefficient (Wildman–Crippen LogP) is 3.10. The molecular weight excluding hydrogens is 489 g/mol. The molecule has 198 valence electrons. The van der Waals surface area contributed by atoms with Gasteiger partial charge in [0.05, 0.1) is 18.6 Å². The van der Waals surface area contributed by atoms with E-state index in [1.54, 1.807) is 36.3 Å². The Bertz CT molecular complexity index is 1110. The normalized spacial score (nSPS) is 20.8. The van der Waals surface area contributed by atoms with Gasteiger partial charge in [-0.25, -0.2) is 0 Å². The van der Waals surface area contributed by atoms with Gasteiger partial charge < -0.3 is 20.3 Å². The molecule has 2 amide bonds. The minimum absolute atomic E-state index is 0.0322. The number of halogens is 3. The molecule has 2 fully saturated rings. The van der Waals surface area contributed by atoms with Gasteiger partial charge in [0, 0.05) is 43.4 Å². The molecule has 3 heterocycles. The number of rotatable bonds is 6. The molecule has 2 aliphatic rings. The number of methoxy groups -OCH3 is 1. The fourth-order valence-corrected chi connectivity index (χ4v) is 4.78. The molecule has 0 saturated carbocycles. The average Bonchev–Trinajstić information content (AvgIpc) is 2.92. The molecule has 11 heteroatoms. The third kappa shape index (κ3) is 6.27. The Morgan fingerprint density at radius 1 is 1.03 bits per heavy atom. The first kappa shape index (κ1) is 26.6. The average molecular weight is 519 g/mol. The molecule has 0 aliphatic carbocycles. The number of hydrogen-bond donors (Lipinski definition) is 2. The fraction of sp³-hybridized carbons (Fsp3) is 0.462. The van der Waals surface area contributed by atoms with Crippen LogP contribution in [0.25, 0.3) is 0 Å².